The monoisotopic (exact) mass is 554 g/mol. The lowest BCUT2D eigenvalue weighted by atomic mass is 9.83. The number of nitrogens with one attached hydrogen (secondary N) is 1. The first-order valence-electron chi connectivity index (χ1n) is 12.1. The Morgan fingerprint density at radius 3 is 2.48 bits per heavy atom. The van der Waals surface area contributed by atoms with Crippen LogP contribution in [-0.4, -0.2) is 24.7 Å². The van der Waals surface area contributed by atoms with E-state index in [9.17, 15) is 19.2 Å². The molecule has 0 aliphatic carbocycles. The van der Waals surface area contributed by atoms with Crippen LogP contribution >= 0.6 is 11.3 Å². The zero-order chi connectivity index (χ0) is 28.4. The summed E-state index contributed by atoms with van der Waals surface area (Å²) in [5.74, 6) is -1.23. The first-order chi connectivity index (χ1) is 19.4. The number of nitriles is 1. The van der Waals surface area contributed by atoms with Crippen molar-refractivity contribution in [3.63, 3.8) is 0 Å². The molecule has 0 saturated heterocycles. The molecular weight excluding hydrogens is 531 g/mol. The first-order valence-corrected chi connectivity index (χ1v) is 12.9. The minimum atomic E-state index is -0.949. The molecule has 3 N–H and O–H groups in total. The van der Waals surface area contributed by atoms with Crippen LogP contribution in [0.3, 0.4) is 0 Å². The quantitative estimate of drug-likeness (QED) is 0.378. The van der Waals surface area contributed by atoms with Crippen LogP contribution in [0.15, 0.2) is 83.2 Å². The van der Waals surface area contributed by atoms with E-state index in [1.165, 1.54) is 29.9 Å². The molecular formula is C30H23FN4O4S. The predicted octanol–water partition coefficient (Wildman–Crippen LogP) is 3.13. The van der Waals surface area contributed by atoms with Crippen LogP contribution in [0.1, 0.15) is 17.0 Å². The van der Waals surface area contributed by atoms with Gasteiger partial charge in [0.25, 0.3) is 11.5 Å². The average Bonchev–Trinajstić information content (AvgIpc) is 3.29. The summed E-state index contributed by atoms with van der Waals surface area (Å²) in [7, 11) is 3.05. The molecule has 1 aromatic heterocycles. The van der Waals surface area contributed by atoms with E-state index in [2.05, 4.69) is 11.4 Å². The minimum Gasteiger partial charge on any atom is -0.497 e. The first kappa shape index (κ1) is 26.5. The summed E-state index contributed by atoms with van der Waals surface area (Å²) in [5.41, 5.74) is 7.24. The lowest BCUT2D eigenvalue weighted by molar-refractivity contribution is -0.111. The number of anilines is 1. The summed E-state index contributed by atoms with van der Waals surface area (Å²) < 4.78 is 26.9. The van der Waals surface area contributed by atoms with Crippen molar-refractivity contribution in [3.05, 3.63) is 115 Å². The number of amides is 1. The SMILES string of the molecule is COc1cccc(/C=c2\sc3n(c2=O)C(N)=C(C#N)C(c2cccc(OC)c2)C=3C(=O)Nc2ccccc2F)c1. The van der Waals surface area contributed by atoms with Crippen molar-refractivity contribution in [2.45, 2.75) is 5.92 Å². The Morgan fingerprint density at radius 1 is 1.07 bits per heavy atom. The normalized spacial score (nSPS) is 14.9. The second-order valence-corrected chi connectivity index (χ2v) is 9.83. The average molecular weight is 555 g/mol. The molecule has 0 fully saturated rings. The number of methoxy groups -OCH3 is 2. The number of rotatable bonds is 6. The van der Waals surface area contributed by atoms with Gasteiger partial charge in [-0.25, -0.2) is 4.39 Å². The maximum Gasteiger partial charge on any atom is 0.274 e. The second kappa shape index (κ2) is 10.9. The number of halogens is 1. The van der Waals surface area contributed by atoms with Crippen molar-refractivity contribution < 1.29 is 18.7 Å². The lowest BCUT2D eigenvalue weighted by Crippen LogP contribution is -2.40. The highest BCUT2D eigenvalue weighted by Crippen LogP contribution is 2.38. The van der Waals surface area contributed by atoms with Crippen molar-refractivity contribution in [3.8, 4) is 17.6 Å². The maximum absolute atomic E-state index is 14.5. The molecule has 1 aliphatic heterocycles. The molecule has 0 spiro atoms. The Bertz CT molecular complexity index is 1900. The van der Waals surface area contributed by atoms with Gasteiger partial charge in [0, 0.05) is 0 Å². The summed E-state index contributed by atoms with van der Waals surface area (Å²) in [6.45, 7) is 0. The number of nitrogens with two attached hydrogens (primary N) is 1. The third-order valence-electron chi connectivity index (χ3n) is 6.45. The van der Waals surface area contributed by atoms with Gasteiger partial charge in [-0.1, -0.05) is 36.4 Å². The van der Waals surface area contributed by atoms with E-state index in [1.807, 2.05) is 0 Å². The number of aromatic nitrogens is 1. The molecule has 1 amide bonds. The molecule has 4 aromatic rings. The number of ether oxygens (including phenoxy) is 2. The molecule has 0 bridgehead atoms. The molecule has 3 aromatic carbocycles. The van der Waals surface area contributed by atoms with Crippen LogP contribution in [0, 0.1) is 17.1 Å². The number of thiazole rings is 1. The van der Waals surface area contributed by atoms with Crippen LogP contribution < -0.4 is 35.3 Å². The van der Waals surface area contributed by atoms with Crippen LogP contribution in [-0.2, 0) is 4.79 Å². The fourth-order valence-corrected chi connectivity index (χ4v) is 5.73. The molecule has 1 aliphatic rings. The number of hydrogen-bond acceptors (Lipinski definition) is 7. The van der Waals surface area contributed by atoms with E-state index in [0.717, 1.165) is 11.3 Å². The molecule has 0 saturated carbocycles. The number of nitrogens with zero attached hydrogens (tertiary/aromatic N) is 2. The van der Waals surface area contributed by atoms with Gasteiger partial charge in [0.1, 0.15) is 27.8 Å². The third-order valence-corrected chi connectivity index (χ3v) is 7.56. The highest BCUT2D eigenvalue weighted by Gasteiger charge is 2.36. The maximum atomic E-state index is 14.5. The highest BCUT2D eigenvalue weighted by molar-refractivity contribution is 7.07. The largest absolute Gasteiger partial charge is 0.497 e. The van der Waals surface area contributed by atoms with E-state index in [4.69, 9.17) is 15.2 Å². The number of hydrogen-bond donors (Lipinski definition) is 2. The number of benzene rings is 3. The Kier molecular flexibility index (Phi) is 7.23. The lowest BCUT2D eigenvalue weighted by Gasteiger charge is -2.25. The number of fused-ring (bicyclic) bond motifs is 1. The second-order valence-electron chi connectivity index (χ2n) is 8.80. The Hall–Kier alpha value is -5.14. The van der Waals surface area contributed by atoms with Crippen molar-refractivity contribution in [2.75, 3.05) is 19.5 Å². The molecule has 1 unspecified atom stereocenters. The number of allylic oxidation sites excluding steroid dienone is 1. The number of carbonyl (C=O) groups is 1. The topological polar surface area (TPSA) is 119 Å². The number of para-hydroxylation sites is 1. The molecule has 8 nitrogen and oxygen atoms in total. The van der Waals surface area contributed by atoms with Gasteiger partial charge in [-0.05, 0) is 53.6 Å². The van der Waals surface area contributed by atoms with Gasteiger partial charge in [0.05, 0.1) is 47.6 Å². The summed E-state index contributed by atoms with van der Waals surface area (Å²) >= 11 is 1.05. The van der Waals surface area contributed by atoms with Crippen molar-refractivity contribution in [1.82, 2.24) is 4.57 Å². The van der Waals surface area contributed by atoms with Crippen LogP contribution in [0.5, 0.6) is 11.5 Å². The van der Waals surface area contributed by atoms with Gasteiger partial charge >= 0.3 is 0 Å². The van der Waals surface area contributed by atoms with E-state index >= 15 is 0 Å². The van der Waals surface area contributed by atoms with E-state index in [0.29, 0.717) is 22.6 Å². The van der Waals surface area contributed by atoms with Gasteiger partial charge in [-0.3, -0.25) is 14.2 Å². The molecule has 5 rings (SSSR count). The van der Waals surface area contributed by atoms with Gasteiger partial charge in [0.2, 0.25) is 0 Å². The van der Waals surface area contributed by atoms with Crippen molar-refractivity contribution >= 4 is 40.4 Å². The van der Waals surface area contributed by atoms with Crippen LogP contribution in [0.25, 0.3) is 17.5 Å². The molecule has 40 heavy (non-hydrogen) atoms. The van der Waals surface area contributed by atoms with Crippen molar-refractivity contribution in [1.29, 1.82) is 5.26 Å². The van der Waals surface area contributed by atoms with Crippen molar-refractivity contribution in [2.24, 2.45) is 5.73 Å². The van der Waals surface area contributed by atoms with Crippen LogP contribution in [0.2, 0.25) is 0 Å². The fourth-order valence-electron chi connectivity index (χ4n) is 4.56. The summed E-state index contributed by atoms with van der Waals surface area (Å²) in [4.78, 5) is 27.5. The summed E-state index contributed by atoms with van der Waals surface area (Å²) in [5, 5.41) is 12.8. The van der Waals surface area contributed by atoms with E-state index in [1.54, 1.807) is 67.8 Å². The standard InChI is InChI=1S/C30H23FN4O4S/c1-38-19-9-5-7-17(13-19)14-24-29(37)35-27(33)21(16-32)25(18-8-6-10-20(15-18)39-2)26(30(35)40-24)28(36)34-23-12-4-3-11-22(23)31/h3-15,25H,33H2,1-2H3,(H,34,36)/b24-14-. The molecule has 0 radical (unpaired) electrons. The fraction of sp³-hybridized carbons (Fsp3) is 0.100. The summed E-state index contributed by atoms with van der Waals surface area (Å²) in [6.07, 6.45) is 1.66. The third kappa shape index (κ3) is 4.74. The Morgan fingerprint density at radius 2 is 1.77 bits per heavy atom. The summed E-state index contributed by atoms with van der Waals surface area (Å²) in [6, 6.07) is 21.9. The smallest absolute Gasteiger partial charge is 0.274 e. The zero-order valence-corrected chi connectivity index (χ0v) is 22.3. The molecule has 10 heteroatoms. The van der Waals surface area contributed by atoms with E-state index < -0.39 is 23.2 Å². The highest BCUT2D eigenvalue weighted by atomic mass is 32.1. The Balaban J connectivity index is 1.82. The van der Waals surface area contributed by atoms with Gasteiger partial charge in [-0.2, -0.15) is 5.26 Å². The number of carbonyl (C=O) groups excluding carboxylic acids is 1. The molecule has 200 valence electrons. The predicted molar refractivity (Wildman–Crippen MR) is 152 cm³/mol. The van der Waals surface area contributed by atoms with Gasteiger partial charge in [-0.15, -0.1) is 11.3 Å². The van der Waals surface area contributed by atoms with E-state index in [-0.39, 0.29) is 31.8 Å². The zero-order valence-electron chi connectivity index (χ0n) is 21.5. The molecule has 1 atom stereocenters. The van der Waals surface area contributed by atoms with Gasteiger partial charge < -0.3 is 20.5 Å². The minimum absolute atomic E-state index is 0.00673. The van der Waals surface area contributed by atoms with Gasteiger partial charge in [0.15, 0.2) is 0 Å². The van der Waals surface area contributed by atoms with Crippen LogP contribution in [0.4, 0.5) is 10.1 Å². The Labute approximate surface area is 232 Å². The molecule has 2 heterocycles.